The van der Waals surface area contributed by atoms with Gasteiger partial charge in [0.05, 0.1) is 12.7 Å². The molecular formula is C20H16N4O2. The van der Waals surface area contributed by atoms with E-state index in [2.05, 4.69) is 15.4 Å². The number of nitrogens with one attached hydrogen (secondary N) is 1. The van der Waals surface area contributed by atoms with Crippen LogP contribution in [0.5, 0.6) is 0 Å². The second kappa shape index (κ2) is 7.06. The Hall–Kier alpha value is -3.67. The molecule has 0 unspecified atom stereocenters. The molecular weight excluding hydrogens is 328 g/mol. The van der Waals surface area contributed by atoms with Gasteiger partial charge in [0, 0.05) is 23.4 Å². The summed E-state index contributed by atoms with van der Waals surface area (Å²) in [5, 5.41) is 7.20. The number of nitrogens with zero attached hydrogens (tertiary/aromatic N) is 3. The van der Waals surface area contributed by atoms with E-state index in [0.29, 0.717) is 23.7 Å². The van der Waals surface area contributed by atoms with Crippen molar-refractivity contribution in [3.8, 4) is 11.3 Å². The molecule has 2 aromatic carbocycles. The van der Waals surface area contributed by atoms with E-state index in [1.807, 2.05) is 48.7 Å². The Morgan fingerprint density at radius 3 is 2.58 bits per heavy atom. The number of oxazole rings is 1. The van der Waals surface area contributed by atoms with Crippen molar-refractivity contribution in [3.63, 3.8) is 0 Å². The third-order valence-corrected chi connectivity index (χ3v) is 3.93. The van der Waals surface area contributed by atoms with E-state index in [1.165, 1.54) is 6.39 Å². The van der Waals surface area contributed by atoms with Crippen LogP contribution in [0.1, 0.15) is 15.9 Å². The van der Waals surface area contributed by atoms with Crippen LogP contribution in [-0.4, -0.2) is 20.7 Å². The number of hydrogen-bond acceptors (Lipinski definition) is 4. The minimum Gasteiger partial charge on any atom is -0.444 e. The van der Waals surface area contributed by atoms with Crippen LogP contribution in [0.4, 0.5) is 5.82 Å². The molecule has 0 aliphatic rings. The number of benzene rings is 2. The third-order valence-electron chi connectivity index (χ3n) is 3.93. The fourth-order valence-corrected chi connectivity index (χ4v) is 2.62. The predicted octanol–water partition coefficient (Wildman–Crippen LogP) is 3.84. The van der Waals surface area contributed by atoms with E-state index in [4.69, 9.17) is 4.42 Å². The monoisotopic (exact) mass is 344 g/mol. The van der Waals surface area contributed by atoms with Crippen molar-refractivity contribution < 1.29 is 9.21 Å². The average Bonchev–Trinajstić information content (AvgIpc) is 3.35. The highest BCUT2D eigenvalue weighted by Crippen LogP contribution is 2.19. The van der Waals surface area contributed by atoms with Crippen LogP contribution in [0.15, 0.2) is 83.9 Å². The van der Waals surface area contributed by atoms with Gasteiger partial charge in [-0.15, -0.1) is 0 Å². The molecule has 2 aromatic heterocycles. The van der Waals surface area contributed by atoms with Crippen LogP contribution < -0.4 is 5.32 Å². The first-order valence-corrected chi connectivity index (χ1v) is 8.15. The number of amides is 1. The summed E-state index contributed by atoms with van der Waals surface area (Å²) < 4.78 is 7.03. The van der Waals surface area contributed by atoms with Gasteiger partial charge >= 0.3 is 0 Å². The molecule has 0 aliphatic heterocycles. The van der Waals surface area contributed by atoms with E-state index < -0.39 is 0 Å². The summed E-state index contributed by atoms with van der Waals surface area (Å²) in [5.74, 6) is 0.973. The van der Waals surface area contributed by atoms with E-state index in [1.54, 1.807) is 29.1 Å². The minimum absolute atomic E-state index is 0.209. The zero-order chi connectivity index (χ0) is 17.8. The van der Waals surface area contributed by atoms with Gasteiger partial charge in [0.15, 0.2) is 18.0 Å². The molecule has 0 fully saturated rings. The smallest absolute Gasteiger partial charge is 0.256 e. The van der Waals surface area contributed by atoms with Crippen LogP contribution in [0.3, 0.4) is 0 Å². The molecule has 1 amide bonds. The molecule has 0 spiro atoms. The second-order valence-electron chi connectivity index (χ2n) is 5.78. The summed E-state index contributed by atoms with van der Waals surface area (Å²) >= 11 is 0. The van der Waals surface area contributed by atoms with Crippen molar-refractivity contribution in [2.24, 2.45) is 0 Å². The lowest BCUT2D eigenvalue weighted by atomic mass is 10.1. The van der Waals surface area contributed by atoms with Gasteiger partial charge < -0.3 is 9.73 Å². The van der Waals surface area contributed by atoms with Gasteiger partial charge in [-0.1, -0.05) is 42.5 Å². The fourth-order valence-electron chi connectivity index (χ4n) is 2.62. The first-order valence-electron chi connectivity index (χ1n) is 8.15. The van der Waals surface area contributed by atoms with Crippen LogP contribution in [0, 0.1) is 0 Å². The molecule has 4 rings (SSSR count). The number of aromatic nitrogens is 3. The number of anilines is 1. The molecule has 6 heteroatoms. The summed E-state index contributed by atoms with van der Waals surface area (Å²) in [5.41, 5.74) is 2.56. The molecule has 2 heterocycles. The molecule has 1 N–H and O–H groups in total. The summed E-state index contributed by atoms with van der Waals surface area (Å²) in [7, 11) is 0. The van der Waals surface area contributed by atoms with Gasteiger partial charge in [-0.05, 0) is 17.7 Å². The highest BCUT2D eigenvalue weighted by atomic mass is 16.3. The summed E-state index contributed by atoms with van der Waals surface area (Å²) in [4.78, 5) is 16.3. The molecule has 4 aromatic rings. The van der Waals surface area contributed by atoms with Gasteiger partial charge in [0.1, 0.15) is 0 Å². The molecule has 128 valence electrons. The standard InChI is InChI=1S/C20H16N4O2/c25-20(17-8-6-16(7-9-17)18-12-21-14-26-18)22-19-10-11-24(23-19)13-15-4-2-1-3-5-15/h1-12,14H,13H2,(H,22,23,25). The normalized spacial score (nSPS) is 10.6. The lowest BCUT2D eigenvalue weighted by Crippen LogP contribution is -2.12. The number of carbonyl (C=O) groups excluding carboxylic acids is 1. The predicted molar refractivity (Wildman–Crippen MR) is 97.7 cm³/mol. The topological polar surface area (TPSA) is 73.0 Å². The van der Waals surface area contributed by atoms with Crippen molar-refractivity contribution in [1.82, 2.24) is 14.8 Å². The van der Waals surface area contributed by atoms with E-state index in [0.717, 1.165) is 11.1 Å². The Morgan fingerprint density at radius 1 is 1.04 bits per heavy atom. The largest absolute Gasteiger partial charge is 0.444 e. The Balaban J connectivity index is 1.42. The van der Waals surface area contributed by atoms with Gasteiger partial charge in [0.25, 0.3) is 5.91 Å². The third kappa shape index (κ3) is 3.54. The molecule has 6 nitrogen and oxygen atoms in total. The summed E-state index contributed by atoms with van der Waals surface area (Å²) in [6, 6.07) is 18.9. The SMILES string of the molecule is O=C(Nc1ccn(Cc2ccccc2)n1)c1ccc(-c2cnco2)cc1. The maximum atomic E-state index is 12.4. The van der Waals surface area contributed by atoms with Crippen molar-refractivity contribution in [3.05, 3.63) is 90.6 Å². The van der Waals surface area contributed by atoms with Crippen molar-refractivity contribution in [2.75, 3.05) is 5.32 Å². The molecule has 0 atom stereocenters. The maximum Gasteiger partial charge on any atom is 0.256 e. The van der Waals surface area contributed by atoms with Crippen LogP contribution in [0.25, 0.3) is 11.3 Å². The Kier molecular flexibility index (Phi) is 4.30. The quantitative estimate of drug-likeness (QED) is 0.597. The zero-order valence-corrected chi connectivity index (χ0v) is 13.9. The van der Waals surface area contributed by atoms with Gasteiger partial charge in [-0.2, -0.15) is 5.10 Å². The van der Waals surface area contributed by atoms with E-state index in [9.17, 15) is 4.79 Å². The minimum atomic E-state index is -0.209. The molecule has 0 bridgehead atoms. The van der Waals surface area contributed by atoms with Crippen molar-refractivity contribution in [1.29, 1.82) is 0 Å². The summed E-state index contributed by atoms with van der Waals surface area (Å²) in [6.07, 6.45) is 4.85. The van der Waals surface area contributed by atoms with Crippen molar-refractivity contribution in [2.45, 2.75) is 6.54 Å². The first kappa shape index (κ1) is 15.8. The number of carbonyl (C=O) groups is 1. The highest BCUT2D eigenvalue weighted by Gasteiger charge is 2.09. The molecule has 0 saturated carbocycles. The van der Waals surface area contributed by atoms with Gasteiger partial charge in [-0.3, -0.25) is 9.48 Å². The van der Waals surface area contributed by atoms with E-state index in [-0.39, 0.29) is 5.91 Å². The van der Waals surface area contributed by atoms with Crippen LogP contribution in [-0.2, 0) is 6.54 Å². The summed E-state index contributed by atoms with van der Waals surface area (Å²) in [6.45, 7) is 0.655. The Bertz CT molecular complexity index is 990. The van der Waals surface area contributed by atoms with Crippen LogP contribution in [0.2, 0.25) is 0 Å². The molecule has 0 aliphatic carbocycles. The molecule has 0 radical (unpaired) electrons. The first-order chi connectivity index (χ1) is 12.8. The second-order valence-corrected chi connectivity index (χ2v) is 5.78. The fraction of sp³-hybridized carbons (Fsp3) is 0.0500. The average molecular weight is 344 g/mol. The lowest BCUT2D eigenvalue weighted by molar-refractivity contribution is 0.102. The van der Waals surface area contributed by atoms with E-state index >= 15 is 0 Å². The Morgan fingerprint density at radius 2 is 1.85 bits per heavy atom. The van der Waals surface area contributed by atoms with Gasteiger partial charge in [0.2, 0.25) is 0 Å². The number of hydrogen-bond donors (Lipinski definition) is 1. The lowest BCUT2D eigenvalue weighted by Gasteiger charge is -2.04. The van der Waals surface area contributed by atoms with Crippen molar-refractivity contribution >= 4 is 11.7 Å². The maximum absolute atomic E-state index is 12.4. The molecule has 26 heavy (non-hydrogen) atoms. The number of rotatable bonds is 5. The zero-order valence-electron chi connectivity index (χ0n) is 13.9. The highest BCUT2D eigenvalue weighted by molar-refractivity contribution is 6.03. The Labute approximate surface area is 150 Å². The molecule has 0 saturated heterocycles. The van der Waals surface area contributed by atoms with Gasteiger partial charge in [-0.25, -0.2) is 4.98 Å². The van der Waals surface area contributed by atoms with Crippen LogP contribution >= 0.6 is 0 Å².